The van der Waals surface area contributed by atoms with Gasteiger partial charge in [0.1, 0.15) is 0 Å². The van der Waals surface area contributed by atoms with Crippen LogP contribution in [0.1, 0.15) is 31.4 Å². The summed E-state index contributed by atoms with van der Waals surface area (Å²) in [6, 6.07) is -0.0982. The number of aromatic nitrogens is 2. The van der Waals surface area contributed by atoms with Gasteiger partial charge in [0.25, 0.3) is 0 Å². The fourth-order valence-electron chi connectivity index (χ4n) is 1.91. The third-order valence-electron chi connectivity index (χ3n) is 2.90. The van der Waals surface area contributed by atoms with Gasteiger partial charge in [-0.1, -0.05) is 0 Å². The van der Waals surface area contributed by atoms with Crippen molar-refractivity contribution in [3.63, 3.8) is 0 Å². The third kappa shape index (κ3) is 2.83. The van der Waals surface area contributed by atoms with Gasteiger partial charge < -0.3 is 10.2 Å². The highest BCUT2D eigenvalue weighted by atomic mass is 16.2. The fourth-order valence-corrected chi connectivity index (χ4v) is 1.91. The topological polar surface area (TPSA) is 78.1 Å². The first-order chi connectivity index (χ1) is 8.16. The van der Waals surface area contributed by atoms with Crippen molar-refractivity contribution in [1.82, 2.24) is 20.4 Å². The molecule has 0 bridgehead atoms. The third-order valence-corrected chi connectivity index (χ3v) is 2.90. The summed E-state index contributed by atoms with van der Waals surface area (Å²) in [5.41, 5.74) is 0.922. The fraction of sp³-hybridized carbons (Fsp3) is 0.545. The molecule has 0 aromatic carbocycles. The molecule has 0 aliphatic carbocycles. The van der Waals surface area contributed by atoms with Gasteiger partial charge in [0.05, 0.1) is 18.8 Å². The summed E-state index contributed by atoms with van der Waals surface area (Å²) >= 11 is 0. The molecule has 2 rings (SSSR count). The van der Waals surface area contributed by atoms with E-state index in [1.54, 1.807) is 17.3 Å². The molecular formula is C11H16N4O2. The number of nitrogens with zero attached hydrogens (tertiary/aromatic N) is 2. The minimum Gasteiger partial charge on any atom is -0.348 e. The van der Waals surface area contributed by atoms with Crippen LogP contribution in [-0.4, -0.2) is 40.0 Å². The van der Waals surface area contributed by atoms with Crippen molar-refractivity contribution in [3.8, 4) is 0 Å². The van der Waals surface area contributed by atoms with Crippen LogP contribution in [0.25, 0.3) is 0 Å². The number of likely N-dealkylation sites (tertiary alicyclic amines) is 1. The van der Waals surface area contributed by atoms with E-state index in [-0.39, 0.29) is 24.4 Å². The van der Waals surface area contributed by atoms with E-state index in [4.69, 9.17) is 0 Å². The molecule has 1 aromatic heterocycles. The second-order valence-electron chi connectivity index (χ2n) is 4.24. The molecule has 6 nitrogen and oxygen atoms in total. The molecule has 6 heteroatoms. The molecule has 92 valence electrons. The summed E-state index contributed by atoms with van der Waals surface area (Å²) in [6.45, 7) is 2.72. The first-order valence-corrected chi connectivity index (χ1v) is 5.72. The zero-order valence-corrected chi connectivity index (χ0v) is 9.77. The Hall–Kier alpha value is -1.85. The standard InChI is InChI=1S/C11H16N4O2/c1-8(9-5-12-13-6-9)14-10(16)7-15-4-2-3-11(15)17/h5-6,8H,2-4,7H2,1H3,(H,12,13)(H,14,16). The van der Waals surface area contributed by atoms with Crippen LogP contribution >= 0.6 is 0 Å². The van der Waals surface area contributed by atoms with Gasteiger partial charge in [0.15, 0.2) is 0 Å². The molecule has 1 aliphatic heterocycles. The second kappa shape index (κ2) is 4.99. The lowest BCUT2D eigenvalue weighted by molar-refractivity contribution is -0.133. The van der Waals surface area contributed by atoms with E-state index in [0.717, 1.165) is 12.0 Å². The predicted molar refractivity (Wildman–Crippen MR) is 61.0 cm³/mol. The van der Waals surface area contributed by atoms with E-state index in [0.29, 0.717) is 13.0 Å². The summed E-state index contributed by atoms with van der Waals surface area (Å²) < 4.78 is 0. The van der Waals surface area contributed by atoms with Crippen molar-refractivity contribution < 1.29 is 9.59 Å². The van der Waals surface area contributed by atoms with Gasteiger partial charge in [-0.3, -0.25) is 14.7 Å². The van der Waals surface area contributed by atoms with Crippen LogP contribution in [0, 0.1) is 0 Å². The maximum atomic E-state index is 11.7. The Labute approximate surface area is 99.4 Å². The molecule has 1 atom stereocenters. The van der Waals surface area contributed by atoms with E-state index in [9.17, 15) is 9.59 Å². The minimum absolute atomic E-state index is 0.0658. The first-order valence-electron chi connectivity index (χ1n) is 5.72. The Morgan fingerprint density at radius 1 is 1.71 bits per heavy atom. The van der Waals surface area contributed by atoms with Crippen molar-refractivity contribution in [3.05, 3.63) is 18.0 Å². The van der Waals surface area contributed by atoms with Gasteiger partial charge in [0, 0.05) is 24.7 Å². The van der Waals surface area contributed by atoms with Gasteiger partial charge >= 0.3 is 0 Å². The molecule has 1 saturated heterocycles. The number of H-pyrrole nitrogens is 1. The highest BCUT2D eigenvalue weighted by Gasteiger charge is 2.22. The Morgan fingerprint density at radius 3 is 3.12 bits per heavy atom. The molecule has 0 saturated carbocycles. The highest BCUT2D eigenvalue weighted by Crippen LogP contribution is 2.11. The van der Waals surface area contributed by atoms with Gasteiger partial charge in [-0.05, 0) is 13.3 Å². The normalized spacial score (nSPS) is 17.2. The van der Waals surface area contributed by atoms with Crippen molar-refractivity contribution in [1.29, 1.82) is 0 Å². The van der Waals surface area contributed by atoms with Crippen LogP contribution in [0.15, 0.2) is 12.4 Å². The van der Waals surface area contributed by atoms with Gasteiger partial charge in [-0.15, -0.1) is 0 Å². The Bertz CT molecular complexity index is 402. The van der Waals surface area contributed by atoms with Gasteiger partial charge in [-0.25, -0.2) is 0 Å². The Morgan fingerprint density at radius 2 is 2.53 bits per heavy atom. The largest absolute Gasteiger partial charge is 0.348 e. The van der Waals surface area contributed by atoms with E-state index >= 15 is 0 Å². The van der Waals surface area contributed by atoms with Gasteiger partial charge in [0.2, 0.25) is 11.8 Å². The lowest BCUT2D eigenvalue weighted by Gasteiger charge is -2.17. The average molecular weight is 236 g/mol. The van der Waals surface area contributed by atoms with Crippen molar-refractivity contribution in [2.45, 2.75) is 25.8 Å². The maximum Gasteiger partial charge on any atom is 0.240 e. The molecule has 1 aliphatic rings. The molecular weight excluding hydrogens is 220 g/mol. The number of rotatable bonds is 4. The number of carbonyl (C=O) groups excluding carboxylic acids is 2. The number of nitrogens with one attached hydrogen (secondary N) is 2. The zero-order chi connectivity index (χ0) is 12.3. The van der Waals surface area contributed by atoms with Crippen LogP contribution in [-0.2, 0) is 9.59 Å². The van der Waals surface area contributed by atoms with E-state index in [1.807, 2.05) is 6.92 Å². The van der Waals surface area contributed by atoms with Gasteiger partial charge in [-0.2, -0.15) is 5.10 Å². The lowest BCUT2D eigenvalue weighted by atomic mass is 10.2. The molecule has 2 N–H and O–H groups in total. The monoisotopic (exact) mass is 236 g/mol. The van der Waals surface area contributed by atoms with Crippen LogP contribution in [0.3, 0.4) is 0 Å². The minimum atomic E-state index is -0.131. The van der Waals surface area contributed by atoms with Crippen LogP contribution < -0.4 is 5.32 Å². The molecule has 0 radical (unpaired) electrons. The summed E-state index contributed by atoms with van der Waals surface area (Å²) in [5, 5.41) is 9.36. The van der Waals surface area contributed by atoms with E-state index in [1.165, 1.54) is 0 Å². The smallest absolute Gasteiger partial charge is 0.240 e. The van der Waals surface area contributed by atoms with E-state index in [2.05, 4.69) is 15.5 Å². The number of hydrogen-bond donors (Lipinski definition) is 2. The number of aromatic amines is 1. The van der Waals surface area contributed by atoms with Crippen molar-refractivity contribution >= 4 is 11.8 Å². The molecule has 1 aromatic rings. The lowest BCUT2D eigenvalue weighted by Crippen LogP contribution is -2.38. The molecule has 2 amide bonds. The summed E-state index contributed by atoms with van der Waals surface area (Å²) in [5.74, 6) is -0.0648. The Balaban J connectivity index is 1.83. The average Bonchev–Trinajstić information content (AvgIpc) is 2.90. The number of carbonyl (C=O) groups is 2. The number of hydrogen-bond acceptors (Lipinski definition) is 3. The predicted octanol–water partition coefficient (Wildman–Crippen LogP) is 0.209. The maximum absolute atomic E-state index is 11.7. The molecule has 1 fully saturated rings. The van der Waals surface area contributed by atoms with Crippen molar-refractivity contribution in [2.24, 2.45) is 0 Å². The quantitative estimate of drug-likeness (QED) is 0.784. The SMILES string of the molecule is CC(NC(=O)CN1CCCC1=O)c1cn[nH]c1. The van der Waals surface area contributed by atoms with Crippen LogP contribution in [0.4, 0.5) is 0 Å². The first kappa shape index (κ1) is 11.6. The number of amides is 2. The second-order valence-corrected chi connectivity index (χ2v) is 4.24. The summed E-state index contributed by atoms with van der Waals surface area (Å²) in [6.07, 6.45) is 4.83. The molecule has 2 heterocycles. The Kier molecular flexibility index (Phi) is 3.41. The van der Waals surface area contributed by atoms with Crippen molar-refractivity contribution in [2.75, 3.05) is 13.1 Å². The van der Waals surface area contributed by atoms with Crippen LogP contribution in [0.5, 0.6) is 0 Å². The molecule has 0 spiro atoms. The highest BCUT2D eigenvalue weighted by molar-refractivity contribution is 5.85. The van der Waals surface area contributed by atoms with E-state index < -0.39 is 0 Å². The zero-order valence-electron chi connectivity index (χ0n) is 9.77. The summed E-state index contributed by atoms with van der Waals surface area (Å²) in [4.78, 5) is 24.7. The molecule has 17 heavy (non-hydrogen) atoms. The molecule has 1 unspecified atom stereocenters. The van der Waals surface area contributed by atoms with Crippen LogP contribution in [0.2, 0.25) is 0 Å². The summed E-state index contributed by atoms with van der Waals surface area (Å²) in [7, 11) is 0.